The van der Waals surface area contributed by atoms with Crippen molar-refractivity contribution in [1.82, 2.24) is 15.2 Å². The van der Waals surface area contributed by atoms with E-state index in [9.17, 15) is 14.4 Å². The first-order valence-electron chi connectivity index (χ1n) is 8.48. The van der Waals surface area contributed by atoms with Crippen molar-refractivity contribution in [3.05, 3.63) is 59.4 Å². The monoisotopic (exact) mass is 368 g/mol. The number of rotatable bonds is 5. The summed E-state index contributed by atoms with van der Waals surface area (Å²) in [5, 5.41) is 14.8. The van der Waals surface area contributed by atoms with Gasteiger partial charge in [0.2, 0.25) is 5.91 Å². The zero-order valence-corrected chi connectivity index (χ0v) is 14.8. The van der Waals surface area contributed by atoms with E-state index < -0.39 is 12.0 Å². The predicted octanol–water partition coefficient (Wildman–Crippen LogP) is 1.24. The molecule has 1 atom stereocenters. The number of carboxylic acids is 1. The van der Waals surface area contributed by atoms with Crippen molar-refractivity contribution in [2.24, 2.45) is 0 Å². The number of pyridine rings is 1. The second-order valence-corrected chi connectivity index (χ2v) is 6.36. The van der Waals surface area contributed by atoms with Gasteiger partial charge in [-0.25, -0.2) is 0 Å². The van der Waals surface area contributed by atoms with Gasteiger partial charge in [-0.15, -0.1) is 0 Å². The van der Waals surface area contributed by atoms with Gasteiger partial charge in [-0.2, -0.15) is 0 Å². The Morgan fingerprint density at radius 2 is 2.15 bits per heavy atom. The largest absolute Gasteiger partial charge is 0.481 e. The third-order valence-electron chi connectivity index (χ3n) is 4.31. The number of carbonyl (C=O) groups is 3. The fourth-order valence-corrected chi connectivity index (χ4v) is 2.94. The van der Waals surface area contributed by atoms with Gasteiger partial charge < -0.3 is 20.6 Å². The first-order valence-corrected chi connectivity index (χ1v) is 8.48. The highest BCUT2D eigenvalue weighted by Crippen LogP contribution is 2.24. The number of nitrogens with one attached hydrogen (secondary N) is 2. The normalized spacial score (nSPS) is 16.1. The maximum Gasteiger partial charge on any atom is 0.305 e. The van der Waals surface area contributed by atoms with Crippen LogP contribution >= 0.6 is 0 Å². The number of aromatic nitrogens is 1. The van der Waals surface area contributed by atoms with Crippen molar-refractivity contribution in [3.8, 4) is 0 Å². The molecule has 140 valence electrons. The van der Waals surface area contributed by atoms with Crippen LogP contribution in [0.15, 0.2) is 42.6 Å². The Balaban J connectivity index is 1.76. The highest BCUT2D eigenvalue weighted by atomic mass is 16.4. The van der Waals surface area contributed by atoms with Crippen LogP contribution in [0, 0.1) is 0 Å². The summed E-state index contributed by atoms with van der Waals surface area (Å²) in [7, 11) is 1.61. The lowest BCUT2D eigenvalue weighted by Crippen LogP contribution is -2.39. The zero-order chi connectivity index (χ0) is 19.4. The first kappa shape index (κ1) is 18.4. The van der Waals surface area contributed by atoms with Gasteiger partial charge in [0.15, 0.2) is 0 Å². The number of carbonyl (C=O) groups excluding carboxylic acids is 2. The number of nitrogens with zero attached hydrogens (tertiary/aromatic N) is 2. The van der Waals surface area contributed by atoms with Crippen molar-refractivity contribution in [2.75, 3.05) is 12.4 Å². The molecule has 0 spiro atoms. The Morgan fingerprint density at radius 1 is 1.33 bits per heavy atom. The minimum absolute atomic E-state index is 0.247. The predicted molar refractivity (Wildman–Crippen MR) is 98.0 cm³/mol. The van der Waals surface area contributed by atoms with Crippen molar-refractivity contribution < 1.29 is 19.5 Å². The molecule has 2 aromatic rings. The smallest absolute Gasteiger partial charge is 0.305 e. The molecule has 2 amide bonds. The van der Waals surface area contributed by atoms with E-state index in [0.717, 1.165) is 11.3 Å². The lowest BCUT2D eigenvalue weighted by atomic mass is 10.1. The molecule has 8 heteroatoms. The maximum atomic E-state index is 12.4. The Bertz CT molecular complexity index is 869. The number of carboxylic acid groups (broad SMARTS) is 1. The molecule has 0 saturated carbocycles. The summed E-state index contributed by atoms with van der Waals surface area (Å²) >= 11 is 0. The van der Waals surface area contributed by atoms with Crippen molar-refractivity contribution >= 4 is 23.5 Å². The summed E-state index contributed by atoms with van der Waals surface area (Å²) in [6, 6.07) is 9.70. The number of benzene rings is 1. The van der Waals surface area contributed by atoms with Crippen LogP contribution in [0.2, 0.25) is 0 Å². The molecule has 8 nitrogen and oxygen atoms in total. The minimum atomic E-state index is -1.05. The topological polar surface area (TPSA) is 112 Å². The number of aliphatic carboxylic acids is 1. The van der Waals surface area contributed by atoms with Gasteiger partial charge in [0.25, 0.3) is 5.91 Å². The summed E-state index contributed by atoms with van der Waals surface area (Å²) in [6.45, 7) is 0.604. The average molecular weight is 368 g/mol. The second-order valence-electron chi connectivity index (χ2n) is 6.36. The number of amides is 2. The molecule has 27 heavy (non-hydrogen) atoms. The van der Waals surface area contributed by atoms with Crippen molar-refractivity contribution in [3.63, 3.8) is 0 Å². The van der Waals surface area contributed by atoms with Gasteiger partial charge in [0.05, 0.1) is 18.7 Å². The molecule has 2 heterocycles. The summed E-state index contributed by atoms with van der Waals surface area (Å²) in [6.07, 6.45) is 1.35. The lowest BCUT2D eigenvalue weighted by molar-refractivity contribution is -0.141. The maximum absolute atomic E-state index is 12.4. The third-order valence-corrected chi connectivity index (χ3v) is 4.31. The van der Waals surface area contributed by atoms with Gasteiger partial charge in [-0.3, -0.25) is 19.4 Å². The standard InChI is InChI=1S/C19H20N4O4/c1-23-11-13-8-12(18(26)21-10-14-4-2-3-7-20-14)5-6-15(13)22-16(19(23)27)9-17(24)25/h2-8,16,22H,9-11H2,1H3,(H,21,26)(H,24,25)/t16-/m1/s1. The molecule has 0 aliphatic carbocycles. The Morgan fingerprint density at radius 3 is 2.85 bits per heavy atom. The van der Waals surface area contributed by atoms with Crippen molar-refractivity contribution in [2.45, 2.75) is 25.6 Å². The molecule has 0 saturated heterocycles. The summed E-state index contributed by atoms with van der Waals surface area (Å²) < 4.78 is 0. The SMILES string of the molecule is CN1Cc2cc(C(=O)NCc3ccccn3)ccc2N[C@H](CC(=O)O)C1=O. The van der Waals surface area contributed by atoms with Crippen LogP contribution in [0.3, 0.4) is 0 Å². The Kier molecular flexibility index (Phi) is 5.35. The third kappa shape index (κ3) is 4.41. The van der Waals surface area contributed by atoms with E-state index in [1.807, 2.05) is 12.1 Å². The van der Waals surface area contributed by atoms with Crippen LogP contribution in [-0.4, -0.2) is 45.9 Å². The number of hydrogen-bond donors (Lipinski definition) is 3. The van der Waals surface area contributed by atoms with Crippen LogP contribution in [0.1, 0.15) is 28.0 Å². The van der Waals surface area contributed by atoms with E-state index in [4.69, 9.17) is 5.11 Å². The molecule has 3 N–H and O–H groups in total. The molecule has 1 aliphatic heterocycles. The number of anilines is 1. The van der Waals surface area contributed by atoms with Crippen LogP contribution in [0.4, 0.5) is 5.69 Å². The number of fused-ring (bicyclic) bond motifs is 1. The molecular formula is C19H20N4O4. The fraction of sp³-hybridized carbons (Fsp3) is 0.263. The van der Waals surface area contributed by atoms with E-state index >= 15 is 0 Å². The molecule has 3 rings (SSSR count). The Labute approximate surface area is 156 Å². The molecular weight excluding hydrogens is 348 g/mol. The molecule has 0 unspecified atom stereocenters. The van der Waals surface area contributed by atoms with Gasteiger partial charge in [-0.1, -0.05) is 6.07 Å². The van der Waals surface area contributed by atoms with Gasteiger partial charge in [-0.05, 0) is 35.9 Å². The second kappa shape index (κ2) is 7.86. The first-order chi connectivity index (χ1) is 12.9. The Hall–Kier alpha value is -3.42. The van der Waals surface area contributed by atoms with Crippen molar-refractivity contribution in [1.29, 1.82) is 0 Å². The van der Waals surface area contributed by atoms with E-state index in [-0.39, 0.29) is 18.2 Å². The molecule has 1 aliphatic rings. The van der Waals surface area contributed by atoms with Crippen LogP contribution in [0.5, 0.6) is 0 Å². The van der Waals surface area contributed by atoms with E-state index in [1.165, 1.54) is 4.90 Å². The van der Waals surface area contributed by atoms with Gasteiger partial charge in [0.1, 0.15) is 6.04 Å². The summed E-state index contributed by atoms with van der Waals surface area (Å²) in [5.74, 6) is -1.60. The number of hydrogen-bond acceptors (Lipinski definition) is 5. The highest BCUT2D eigenvalue weighted by Gasteiger charge is 2.29. The minimum Gasteiger partial charge on any atom is -0.481 e. The quantitative estimate of drug-likeness (QED) is 0.732. The van der Waals surface area contributed by atoms with Gasteiger partial charge >= 0.3 is 5.97 Å². The fourth-order valence-electron chi connectivity index (χ4n) is 2.94. The van der Waals surface area contributed by atoms with Crippen LogP contribution in [-0.2, 0) is 22.7 Å². The van der Waals surface area contributed by atoms with E-state index in [1.54, 1.807) is 37.5 Å². The molecule has 0 radical (unpaired) electrons. The summed E-state index contributed by atoms with van der Waals surface area (Å²) in [4.78, 5) is 41.4. The lowest BCUT2D eigenvalue weighted by Gasteiger charge is -2.19. The van der Waals surface area contributed by atoms with Gasteiger partial charge in [0, 0.05) is 31.0 Å². The molecule has 0 bridgehead atoms. The summed E-state index contributed by atoms with van der Waals surface area (Å²) in [5.41, 5.74) is 2.62. The van der Waals surface area contributed by atoms with E-state index in [0.29, 0.717) is 24.3 Å². The average Bonchev–Trinajstić information content (AvgIpc) is 2.77. The zero-order valence-electron chi connectivity index (χ0n) is 14.8. The van der Waals surface area contributed by atoms with E-state index in [2.05, 4.69) is 15.6 Å². The van der Waals surface area contributed by atoms with Crippen LogP contribution < -0.4 is 10.6 Å². The molecule has 1 aromatic carbocycles. The van der Waals surface area contributed by atoms with Crippen LogP contribution in [0.25, 0.3) is 0 Å². The molecule has 0 fully saturated rings. The highest BCUT2D eigenvalue weighted by molar-refractivity contribution is 5.95. The number of likely N-dealkylation sites (N-methyl/N-ethyl adjacent to an activating group) is 1. The molecule has 1 aromatic heterocycles.